The highest BCUT2D eigenvalue weighted by Gasteiger charge is 2.23. The number of methoxy groups -OCH3 is 1. The van der Waals surface area contributed by atoms with Gasteiger partial charge in [0.2, 0.25) is 11.8 Å². The first kappa shape index (κ1) is 21.9. The minimum Gasteiger partial charge on any atom is -0.495 e. The molecule has 34 heavy (non-hydrogen) atoms. The molecule has 1 aromatic carbocycles. The molecule has 0 radical (unpaired) electrons. The van der Waals surface area contributed by atoms with Gasteiger partial charge in [-0.15, -0.1) is 0 Å². The normalized spacial score (nSPS) is 18.4. The molecule has 2 aliphatic rings. The quantitative estimate of drug-likeness (QED) is 0.424. The SMILES string of the molecule is COc1ccc(CN=C2N=c3c(c[nH+]c/c3=C\c3[nH]c(=O)[nH]c3O)CC(=NC3CC3)N2)cc1Cl. The van der Waals surface area contributed by atoms with Gasteiger partial charge in [-0.05, 0) is 36.6 Å². The number of aromatic nitrogens is 3. The molecule has 10 nitrogen and oxygen atoms in total. The van der Waals surface area contributed by atoms with Crippen molar-refractivity contribution >= 4 is 29.5 Å². The van der Waals surface area contributed by atoms with Crippen LogP contribution in [-0.4, -0.2) is 40.0 Å². The summed E-state index contributed by atoms with van der Waals surface area (Å²) in [4.78, 5) is 33.8. The number of nitrogens with zero attached hydrogens (tertiary/aromatic N) is 3. The number of fused-ring (bicyclic) bond motifs is 1. The highest BCUT2D eigenvalue weighted by Crippen LogP contribution is 2.25. The minimum absolute atomic E-state index is 0.240. The zero-order valence-corrected chi connectivity index (χ0v) is 19.1. The molecule has 5 rings (SSSR count). The lowest BCUT2D eigenvalue weighted by atomic mass is 10.1. The Morgan fingerprint density at radius 3 is 2.88 bits per heavy atom. The van der Waals surface area contributed by atoms with E-state index in [1.165, 1.54) is 0 Å². The van der Waals surface area contributed by atoms with Crippen molar-refractivity contribution in [1.29, 1.82) is 0 Å². The molecular formula is C23H23ClN7O3+. The fourth-order valence-corrected chi connectivity index (χ4v) is 3.90. The van der Waals surface area contributed by atoms with Crippen molar-refractivity contribution in [1.82, 2.24) is 15.3 Å². The minimum atomic E-state index is -0.493. The van der Waals surface area contributed by atoms with Gasteiger partial charge < -0.3 is 20.1 Å². The molecule has 0 spiro atoms. The van der Waals surface area contributed by atoms with Crippen molar-refractivity contribution in [2.75, 3.05) is 7.11 Å². The van der Waals surface area contributed by atoms with Crippen molar-refractivity contribution in [3.63, 3.8) is 0 Å². The van der Waals surface area contributed by atoms with E-state index in [4.69, 9.17) is 26.3 Å². The lowest BCUT2D eigenvalue weighted by molar-refractivity contribution is -0.379. The second-order valence-electron chi connectivity index (χ2n) is 8.10. The summed E-state index contributed by atoms with van der Waals surface area (Å²) in [6.07, 6.45) is 7.95. The smallest absolute Gasteiger partial charge is 0.326 e. The van der Waals surface area contributed by atoms with Crippen LogP contribution in [0.1, 0.15) is 29.7 Å². The molecule has 174 valence electrons. The standard InChI is InChI=1S/C23H22ClN7O3/c1-34-18-5-2-12(6-16(18)24)9-26-22-29-19(27-15-3-4-15)8-14-11-25-10-13(20(14)30-22)7-17-21(32)31-23(33)28-17/h2,5-7,10-11,15,32H,3-4,8-9H2,1H3,(H,26,27,29)(H2,28,31,33)/p+1/b13-7+. The van der Waals surface area contributed by atoms with Crippen LogP contribution < -0.4 is 31.3 Å². The van der Waals surface area contributed by atoms with E-state index in [2.05, 4.69) is 25.3 Å². The number of aromatic hydroxyl groups is 1. The Hall–Kier alpha value is -3.92. The fourth-order valence-electron chi connectivity index (χ4n) is 3.62. The number of hydrogen-bond donors (Lipinski definition) is 4. The number of guanidine groups is 1. The molecule has 0 saturated heterocycles. The van der Waals surface area contributed by atoms with Gasteiger partial charge in [0, 0.05) is 12.0 Å². The van der Waals surface area contributed by atoms with Gasteiger partial charge in [0.1, 0.15) is 17.3 Å². The highest BCUT2D eigenvalue weighted by atomic mass is 35.5. The van der Waals surface area contributed by atoms with Crippen molar-refractivity contribution in [3.8, 4) is 11.6 Å². The van der Waals surface area contributed by atoms with Crippen LogP contribution in [0.15, 0.2) is 50.4 Å². The Kier molecular flexibility index (Phi) is 5.89. The van der Waals surface area contributed by atoms with Crippen LogP contribution in [0.2, 0.25) is 5.02 Å². The first-order valence-corrected chi connectivity index (χ1v) is 11.2. The maximum absolute atomic E-state index is 11.5. The Morgan fingerprint density at radius 1 is 1.32 bits per heavy atom. The molecule has 1 fully saturated rings. The van der Waals surface area contributed by atoms with E-state index in [-0.39, 0.29) is 11.6 Å². The molecule has 0 atom stereocenters. The van der Waals surface area contributed by atoms with Crippen molar-refractivity contribution in [3.05, 3.63) is 73.5 Å². The number of imidazole rings is 1. The average molecular weight is 481 g/mol. The van der Waals surface area contributed by atoms with Crippen LogP contribution in [0, 0.1) is 0 Å². The number of amidine groups is 1. The molecule has 1 aliphatic heterocycles. The Balaban J connectivity index is 1.59. The number of benzene rings is 1. The summed E-state index contributed by atoms with van der Waals surface area (Å²) in [5.41, 5.74) is 1.59. The van der Waals surface area contributed by atoms with Gasteiger partial charge in [-0.3, -0.25) is 9.98 Å². The third-order valence-corrected chi connectivity index (χ3v) is 5.75. The van der Waals surface area contributed by atoms with E-state index in [1.54, 1.807) is 25.4 Å². The van der Waals surface area contributed by atoms with Gasteiger partial charge in [0.15, 0.2) is 12.4 Å². The van der Waals surface area contributed by atoms with Crippen molar-refractivity contribution in [2.24, 2.45) is 15.0 Å². The van der Waals surface area contributed by atoms with Crippen LogP contribution in [-0.2, 0) is 13.0 Å². The number of aliphatic imine (C=N–C) groups is 2. The van der Waals surface area contributed by atoms with E-state index in [0.29, 0.717) is 46.3 Å². The van der Waals surface area contributed by atoms with E-state index >= 15 is 0 Å². The third kappa shape index (κ3) is 4.86. The van der Waals surface area contributed by atoms with Crippen LogP contribution in [0.25, 0.3) is 6.08 Å². The van der Waals surface area contributed by atoms with Crippen LogP contribution in [0.3, 0.4) is 0 Å². The Morgan fingerprint density at radius 2 is 2.18 bits per heavy atom. The number of ether oxygens (including phenoxy) is 1. The van der Waals surface area contributed by atoms with Gasteiger partial charge in [-0.2, -0.15) is 0 Å². The van der Waals surface area contributed by atoms with Crippen molar-refractivity contribution < 1.29 is 14.8 Å². The summed E-state index contributed by atoms with van der Waals surface area (Å²) in [5.74, 6) is 1.57. The molecular weight excluding hydrogens is 458 g/mol. The summed E-state index contributed by atoms with van der Waals surface area (Å²) < 4.78 is 5.22. The lowest BCUT2D eigenvalue weighted by Crippen LogP contribution is -2.34. The predicted octanol–water partition coefficient (Wildman–Crippen LogP) is 0.596. The Bertz CT molecular complexity index is 1480. The number of halogens is 1. The van der Waals surface area contributed by atoms with Gasteiger partial charge in [0.05, 0.1) is 35.3 Å². The summed E-state index contributed by atoms with van der Waals surface area (Å²) in [5, 5.41) is 15.1. The second kappa shape index (κ2) is 9.14. The van der Waals surface area contributed by atoms with E-state index in [0.717, 1.165) is 29.8 Å². The summed E-state index contributed by atoms with van der Waals surface area (Å²) >= 11 is 6.26. The van der Waals surface area contributed by atoms with Crippen LogP contribution >= 0.6 is 11.6 Å². The zero-order chi connectivity index (χ0) is 23.7. The summed E-state index contributed by atoms with van der Waals surface area (Å²) in [7, 11) is 1.57. The fraction of sp³-hybridized carbons (Fsp3) is 0.261. The number of nitrogens with one attached hydrogen (secondary N) is 4. The van der Waals surface area contributed by atoms with E-state index < -0.39 is 5.69 Å². The molecule has 0 unspecified atom stereocenters. The number of hydrogen-bond acceptors (Lipinski definition) is 5. The van der Waals surface area contributed by atoms with Gasteiger partial charge in [0.25, 0.3) is 0 Å². The summed E-state index contributed by atoms with van der Waals surface area (Å²) in [6, 6.07) is 5.84. The lowest BCUT2D eigenvalue weighted by Gasteiger charge is -2.07. The monoisotopic (exact) mass is 480 g/mol. The Labute approximate surface area is 198 Å². The van der Waals surface area contributed by atoms with Gasteiger partial charge >= 0.3 is 5.69 Å². The molecule has 0 bridgehead atoms. The van der Waals surface area contributed by atoms with Crippen molar-refractivity contribution in [2.45, 2.75) is 31.8 Å². The van der Waals surface area contributed by atoms with Gasteiger partial charge in [-0.1, -0.05) is 17.7 Å². The molecule has 5 N–H and O–H groups in total. The van der Waals surface area contributed by atoms with Crippen LogP contribution in [0.5, 0.6) is 11.6 Å². The molecule has 3 heterocycles. The molecule has 0 amide bonds. The maximum atomic E-state index is 11.5. The van der Waals surface area contributed by atoms with E-state index in [1.807, 2.05) is 18.3 Å². The highest BCUT2D eigenvalue weighted by molar-refractivity contribution is 6.32. The molecule has 11 heteroatoms. The number of aromatic amines is 3. The first-order chi connectivity index (χ1) is 16.5. The van der Waals surface area contributed by atoms with Gasteiger partial charge in [-0.25, -0.2) is 19.8 Å². The zero-order valence-electron chi connectivity index (χ0n) is 18.4. The summed E-state index contributed by atoms with van der Waals surface area (Å²) in [6.45, 7) is 0.353. The molecule has 1 saturated carbocycles. The largest absolute Gasteiger partial charge is 0.495 e. The first-order valence-electron chi connectivity index (χ1n) is 10.8. The maximum Gasteiger partial charge on any atom is 0.326 e. The number of rotatable bonds is 5. The van der Waals surface area contributed by atoms with Crippen LogP contribution in [0.4, 0.5) is 0 Å². The molecule has 1 aliphatic carbocycles. The number of pyridine rings is 1. The third-order valence-electron chi connectivity index (χ3n) is 5.45. The second-order valence-corrected chi connectivity index (χ2v) is 8.51. The molecule has 2 aromatic heterocycles. The van der Waals surface area contributed by atoms with E-state index in [9.17, 15) is 9.90 Å². The number of H-pyrrole nitrogens is 3. The topological polar surface area (TPSA) is 141 Å². The molecule has 3 aromatic rings. The average Bonchev–Trinajstić information content (AvgIpc) is 3.59. The predicted molar refractivity (Wildman–Crippen MR) is 127 cm³/mol.